The summed E-state index contributed by atoms with van der Waals surface area (Å²) in [6.07, 6.45) is 10.8. The van der Waals surface area contributed by atoms with Crippen LogP contribution in [-0.2, 0) is 0 Å². The van der Waals surface area contributed by atoms with Gasteiger partial charge < -0.3 is 16.0 Å². The molecular weight excluding hydrogens is 397 g/mol. The molecule has 0 aromatic carbocycles. The molecule has 0 unspecified atom stereocenters. The molecule has 0 radical (unpaired) electrons. The van der Waals surface area contributed by atoms with Crippen LogP contribution in [0, 0.1) is 17.2 Å². The Morgan fingerprint density at radius 2 is 1.71 bits per heavy atom. The number of rotatable bonds is 7. The molecule has 2 aromatic heterocycles. The highest BCUT2D eigenvalue weighted by molar-refractivity contribution is 6.40. The van der Waals surface area contributed by atoms with Crippen molar-refractivity contribution < 1.29 is 4.79 Å². The van der Waals surface area contributed by atoms with Crippen molar-refractivity contribution >= 4 is 46.3 Å². The average molecular weight is 416 g/mol. The molecule has 2 aliphatic carbocycles. The summed E-state index contributed by atoms with van der Waals surface area (Å²) in [5, 5.41) is 14.6. The Morgan fingerprint density at radius 3 is 2.29 bits per heavy atom. The summed E-state index contributed by atoms with van der Waals surface area (Å²) < 4.78 is 0. The predicted molar refractivity (Wildman–Crippen MR) is 111 cm³/mol. The summed E-state index contributed by atoms with van der Waals surface area (Å²) in [5.74, 6) is 1.17. The number of carbonyl (C=O) groups excluding carboxylic acids is 1. The van der Waals surface area contributed by atoms with Crippen molar-refractivity contribution in [3.05, 3.63) is 58.1 Å². The maximum absolute atomic E-state index is 12.4. The number of nitrogens with one attached hydrogen (secondary N) is 3. The third-order valence-corrected chi connectivity index (χ3v) is 5.29. The molecular formula is C20H19Cl2N5O. The molecule has 1 amide bonds. The van der Waals surface area contributed by atoms with E-state index in [9.17, 15) is 4.79 Å². The van der Waals surface area contributed by atoms with Gasteiger partial charge in [-0.05, 0) is 49.8 Å². The lowest BCUT2D eigenvalue weighted by atomic mass is 10.1. The molecule has 0 bridgehead atoms. The van der Waals surface area contributed by atoms with Crippen molar-refractivity contribution in [3.8, 4) is 0 Å². The number of hydrogen-bond donors (Lipinski definition) is 3. The Balaban J connectivity index is 1.43. The Labute approximate surface area is 172 Å². The van der Waals surface area contributed by atoms with Crippen molar-refractivity contribution in [1.82, 2.24) is 9.97 Å². The number of nitrogens with zero attached hydrogens (tertiary/aromatic N) is 2. The van der Waals surface area contributed by atoms with Crippen LogP contribution in [-0.4, -0.2) is 21.6 Å². The van der Waals surface area contributed by atoms with Crippen molar-refractivity contribution in [2.75, 3.05) is 10.6 Å². The molecule has 0 saturated heterocycles. The van der Waals surface area contributed by atoms with Crippen LogP contribution < -0.4 is 10.6 Å². The van der Waals surface area contributed by atoms with E-state index in [1.54, 1.807) is 18.3 Å². The van der Waals surface area contributed by atoms with Gasteiger partial charge in [0.2, 0.25) is 0 Å². The Kier molecular flexibility index (Phi) is 5.33. The van der Waals surface area contributed by atoms with Gasteiger partial charge in [0.05, 0.1) is 27.5 Å². The molecule has 2 aromatic rings. The van der Waals surface area contributed by atoms with Gasteiger partial charge in [-0.25, -0.2) is 4.98 Å². The van der Waals surface area contributed by atoms with Crippen LogP contribution in [0.4, 0.5) is 11.5 Å². The lowest BCUT2D eigenvalue weighted by molar-refractivity contribution is 0.102. The van der Waals surface area contributed by atoms with Gasteiger partial charge in [-0.2, -0.15) is 0 Å². The first kappa shape index (κ1) is 18.9. The molecule has 8 heteroatoms. The lowest BCUT2D eigenvalue weighted by Crippen LogP contribution is -2.14. The summed E-state index contributed by atoms with van der Waals surface area (Å²) in [7, 11) is 0. The number of aromatic nitrogens is 2. The highest BCUT2D eigenvalue weighted by Crippen LogP contribution is 2.38. The van der Waals surface area contributed by atoms with E-state index in [-0.39, 0.29) is 15.6 Å². The summed E-state index contributed by atoms with van der Waals surface area (Å²) >= 11 is 12.0. The average Bonchev–Trinajstić information content (AvgIpc) is 3.56. The fraction of sp³-hybridized carbons (Fsp3) is 0.300. The zero-order chi connectivity index (χ0) is 19.7. The van der Waals surface area contributed by atoms with Crippen LogP contribution in [0.5, 0.6) is 0 Å². The number of carbonyl (C=O) groups is 1. The van der Waals surface area contributed by atoms with E-state index in [0.29, 0.717) is 29.1 Å². The monoisotopic (exact) mass is 415 g/mol. The Morgan fingerprint density at radius 1 is 1.04 bits per heavy atom. The number of allylic oxidation sites excluding steroid dienone is 2. The SMILES string of the molecule is N=C(/C=C(\Nc1ccc(NC(=O)c2c(Cl)cncc2Cl)cn1)C1CC1)C1CC1. The molecule has 28 heavy (non-hydrogen) atoms. The summed E-state index contributed by atoms with van der Waals surface area (Å²) in [5.41, 5.74) is 2.46. The molecule has 0 aliphatic heterocycles. The number of amides is 1. The maximum atomic E-state index is 12.4. The van der Waals surface area contributed by atoms with Crippen molar-refractivity contribution in [3.63, 3.8) is 0 Å². The van der Waals surface area contributed by atoms with E-state index >= 15 is 0 Å². The van der Waals surface area contributed by atoms with Crippen LogP contribution in [0.2, 0.25) is 10.0 Å². The fourth-order valence-corrected chi connectivity index (χ4v) is 3.38. The fourth-order valence-electron chi connectivity index (χ4n) is 2.84. The number of hydrogen-bond acceptors (Lipinski definition) is 5. The molecule has 3 N–H and O–H groups in total. The minimum absolute atomic E-state index is 0.179. The first-order valence-electron chi connectivity index (χ1n) is 9.14. The molecule has 6 nitrogen and oxygen atoms in total. The lowest BCUT2D eigenvalue weighted by Gasteiger charge is -2.11. The Hall–Kier alpha value is -2.44. The molecule has 144 valence electrons. The Bertz CT molecular complexity index is 929. The van der Waals surface area contributed by atoms with Crippen LogP contribution in [0.15, 0.2) is 42.5 Å². The minimum atomic E-state index is -0.420. The van der Waals surface area contributed by atoms with Crippen molar-refractivity contribution in [2.24, 2.45) is 11.8 Å². The second-order valence-corrected chi connectivity index (χ2v) is 7.91. The topological polar surface area (TPSA) is 90.8 Å². The largest absolute Gasteiger partial charge is 0.343 e. The van der Waals surface area contributed by atoms with E-state index in [0.717, 1.165) is 31.4 Å². The van der Waals surface area contributed by atoms with Crippen LogP contribution >= 0.6 is 23.2 Å². The summed E-state index contributed by atoms with van der Waals surface area (Å²) in [4.78, 5) is 20.6. The highest BCUT2D eigenvalue weighted by Gasteiger charge is 2.30. The van der Waals surface area contributed by atoms with Gasteiger partial charge in [-0.1, -0.05) is 23.2 Å². The quantitative estimate of drug-likeness (QED) is 0.543. The van der Waals surface area contributed by atoms with Crippen LogP contribution in [0.25, 0.3) is 0 Å². The molecule has 0 spiro atoms. The van der Waals surface area contributed by atoms with Crippen LogP contribution in [0.3, 0.4) is 0 Å². The van der Waals surface area contributed by atoms with Crippen molar-refractivity contribution in [2.45, 2.75) is 25.7 Å². The van der Waals surface area contributed by atoms with E-state index < -0.39 is 5.91 Å². The van der Waals surface area contributed by atoms with E-state index in [2.05, 4.69) is 20.6 Å². The first-order valence-corrected chi connectivity index (χ1v) is 9.90. The summed E-state index contributed by atoms with van der Waals surface area (Å²) in [6.45, 7) is 0. The number of pyridine rings is 2. The van der Waals surface area contributed by atoms with Gasteiger partial charge in [0.25, 0.3) is 5.91 Å². The van der Waals surface area contributed by atoms with Gasteiger partial charge in [-0.3, -0.25) is 9.78 Å². The molecule has 4 rings (SSSR count). The number of anilines is 2. The van der Waals surface area contributed by atoms with E-state index in [1.165, 1.54) is 12.4 Å². The molecule has 0 atom stereocenters. The standard InChI is InChI=1S/C20H19Cl2N5O/c21-14-9-24-10-15(22)19(14)20(28)26-13-5-6-18(25-8-13)27-17(12-3-4-12)7-16(23)11-1-2-11/h5-12,23H,1-4H2,(H,25,27)(H,26,28)/b17-7-,23-16?. The molecule has 2 aliphatic rings. The van der Waals surface area contributed by atoms with Gasteiger partial charge in [0.1, 0.15) is 5.82 Å². The third-order valence-electron chi connectivity index (χ3n) is 4.72. The molecule has 2 saturated carbocycles. The van der Waals surface area contributed by atoms with E-state index in [1.807, 2.05) is 6.08 Å². The second kappa shape index (κ2) is 7.89. The maximum Gasteiger partial charge on any atom is 0.258 e. The zero-order valence-corrected chi connectivity index (χ0v) is 16.5. The molecule has 2 heterocycles. The predicted octanol–water partition coefficient (Wildman–Crippen LogP) is 5.17. The minimum Gasteiger partial charge on any atom is -0.343 e. The van der Waals surface area contributed by atoms with Gasteiger partial charge in [0, 0.05) is 29.7 Å². The number of halogens is 2. The second-order valence-electron chi connectivity index (χ2n) is 7.09. The van der Waals surface area contributed by atoms with Crippen LogP contribution in [0.1, 0.15) is 36.0 Å². The first-order chi connectivity index (χ1) is 13.5. The smallest absolute Gasteiger partial charge is 0.258 e. The summed E-state index contributed by atoms with van der Waals surface area (Å²) in [6, 6.07) is 3.55. The zero-order valence-electron chi connectivity index (χ0n) is 15.0. The highest BCUT2D eigenvalue weighted by atomic mass is 35.5. The normalized spacial score (nSPS) is 16.6. The van der Waals surface area contributed by atoms with Gasteiger partial charge in [0.15, 0.2) is 0 Å². The van der Waals surface area contributed by atoms with Gasteiger partial charge in [-0.15, -0.1) is 0 Å². The van der Waals surface area contributed by atoms with E-state index in [4.69, 9.17) is 28.6 Å². The third kappa shape index (κ3) is 4.51. The van der Waals surface area contributed by atoms with Crippen molar-refractivity contribution in [1.29, 1.82) is 5.41 Å². The molecule has 2 fully saturated rings. The van der Waals surface area contributed by atoms with Gasteiger partial charge >= 0.3 is 0 Å².